The monoisotopic (exact) mass is 234 g/mol. The molecule has 1 atom stereocenters. The number of hydrogen-bond donors (Lipinski definition) is 2. The molecule has 17 heavy (non-hydrogen) atoms. The van der Waals surface area contributed by atoms with Gasteiger partial charge in [0.1, 0.15) is 0 Å². The molecule has 0 aliphatic rings. The molecular weight excluding hydrogens is 208 g/mol. The van der Waals surface area contributed by atoms with Crippen LogP contribution in [0.25, 0.3) is 0 Å². The van der Waals surface area contributed by atoms with Gasteiger partial charge < -0.3 is 10.6 Å². The summed E-state index contributed by atoms with van der Waals surface area (Å²) < 4.78 is 0. The molecule has 2 heteroatoms. The molecule has 0 aliphatic heterocycles. The largest absolute Gasteiger partial charge is 0.313 e. The van der Waals surface area contributed by atoms with Crippen molar-refractivity contribution in [3.8, 4) is 0 Å². The number of benzene rings is 1. The van der Waals surface area contributed by atoms with Crippen LogP contribution in [0.4, 0.5) is 0 Å². The van der Waals surface area contributed by atoms with E-state index in [-0.39, 0.29) is 0 Å². The molecule has 0 aliphatic carbocycles. The quantitative estimate of drug-likeness (QED) is 0.791. The van der Waals surface area contributed by atoms with Gasteiger partial charge >= 0.3 is 0 Å². The van der Waals surface area contributed by atoms with Crippen LogP contribution >= 0.6 is 0 Å². The maximum absolute atomic E-state index is 3.56. The van der Waals surface area contributed by atoms with E-state index in [1.54, 1.807) is 0 Å². The summed E-state index contributed by atoms with van der Waals surface area (Å²) in [7, 11) is 0. The molecule has 0 amide bonds. The Bertz CT molecular complexity index is 345. The zero-order valence-electron chi connectivity index (χ0n) is 11.8. The van der Waals surface area contributed by atoms with Gasteiger partial charge in [-0.3, -0.25) is 0 Å². The van der Waals surface area contributed by atoms with Crippen molar-refractivity contribution >= 4 is 0 Å². The van der Waals surface area contributed by atoms with Gasteiger partial charge in [-0.1, -0.05) is 32.0 Å². The Morgan fingerprint density at radius 3 is 2.41 bits per heavy atom. The van der Waals surface area contributed by atoms with E-state index in [1.807, 2.05) is 0 Å². The molecule has 1 rings (SSSR count). The molecular formula is C15H26N2. The fraction of sp³-hybridized carbons (Fsp3) is 0.600. The number of aryl methyl sites for hydroxylation is 1. The normalized spacial score (nSPS) is 13.1. The molecule has 0 fully saturated rings. The van der Waals surface area contributed by atoms with Crippen LogP contribution in [-0.2, 0) is 6.54 Å². The molecule has 1 aromatic carbocycles. The maximum Gasteiger partial charge on any atom is 0.0211 e. The van der Waals surface area contributed by atoms with Crippen LogP contribution in [0.3, 0.4) is 0 Å². The molecule has 0 aromatic heterocycles. The van der Waals surface area contributed by atoms with Crippen molar-refractivity contribution in [3.05, 3.63) is 34.9 Å². The summed E-state index contributed by atoms with van der Waals surface area (Å²) in [5.74, 6) is 0. The Morgan fingerprint density at radius 2 is 1.76 bits per heavy atom. The van der Waals surface area contributed by atoms with Gasteiger partial charge in [0.25, 0.3) is 0 Å². The third kappa shape index (κ3) is 4.88. The van der Waals surface area contributed by atoms with Crippen LogP contribution in [0, 0.1) is 13.8 Å². The minimum Gasteiger partial charge on any atom is -0.313 e. The average Bonchev–Trinajstić information content (AvgIpc) is 2.28. The Hall–Kier alpha value is -0.860. The van der Waals surface area contributed by atoms with Crippen LogP contribution in [0.2, 0.25) is 0 Å². The Kier molecular flexibility index (Phi) is 5.66. The van der Waals surface area contributed by atoms with Gasteiger partial charge in [0.05, 0.1) is 0 Å². The fourth-order valence-electron chi connectivity index (χ4n) is 1.77. The zero-order valence-corrected chi connectivity index (χ0v) is 11.8. The summed E-state index contributed by atoms with van der Waals surface area (Å²) in [5.41, 5.74) is 4.18. The van der Waals surface area contributed by atoms with Crippen molar-refractivity contribution < 1.29 is 0 Å². The molecule has 2 N–H and O–H groups in total. The summed E-state index contributed by atoms with van der Waals surface area (Å²) in [6.45, 7) is 12.9. The first kappa shape index (κ1) is 14.2. The van der Waals surface area contributed by atoms with E-state index in [4.69, 9.17) is 0 Å². The summed E-state index contributed by atoms with van der Waals surface area (Å²) >= 11 is 0. The highest BCUT2D eigenvalue weighted by molar-refractivity contribution is 5.32. The van der Waals surface area contributed by atoms with Crippen molar-refractivity contribution in [3.63, 3.8) is 0 Å². The number of hydrogen-bond acceptors (Lipinski definition) is 2. The second-order valence-corrected chi connectivity index (χ2v) is 5.20. The summed E-state index contributed by atoms with van der Waals surface area (Å²) in [5, 5.41) is 7.00. The van der Waals surface area contributed by atoms with Gasteiger partial charge in [-0.2, -0.15) is 0 Å². The summed E-state index contributed by atoms with van der Waals surface area (Å²) in [4.78, 5) is 0. The minimum atomic E-state index is 0.498. The second kappa shape index (κ2) is 6.77. The lowest BCUT2D eigenvalue weighted by Crippen LogP contribution is -2.38. The van der Waals surface area contributed by atoms with Gasteiger partial charge in [0, 0.05) is 25.2 Å². The Balaban J connectivity index is 2.42. The van der Waals surface area contributed by atoms with E-state index in [0.29, 0.717) is 12.1 Å². The highest BCUT2D eigenvalue weighted by atomic mass is 15.0. The third-order valence-electron chi connectivity index (χ3n) is 3.19. The van der Waals surface area contributed by atoms with Crippen molar-refractivity contribution in [2.24, 2.45) is 0 Å². The first-order valence-electron chi connectivity index (χ1n) is 6.52. The van der Waals surface area contributed by atoms with Crippen LogP contribution in [-0.4, -0.2) is 18.6 Å². The van der Waals surface area contributed by atoms with Crippen molar-refractivity contribution in [1.29, 1.82) is 0 Å². The topological polar surface area (TPSA) is 24.1 Å². The highest BCUT2D eigenvalue weighted by Gasteiger charge is 2.04. The second-order valence-electron chi connectivity index (χ2n) is 5.20. The summed E-state index contributed by atoms with van der Waals surface area (Å²) in [6.07, 6.45) is 0. The fourth-order valence-corrected chi connectivity index (χ4v) is 1.77. The van der Waals surface area contributed by atoms with E-state index in [9.17, 15) is 0 Å². The van der Waals surface area contributed by atoms with Gasteiger partial charge in [0.15, 0.2) is 0 Å². The number of rotatable bonds is 6. The van der Waals surface area contributed by atoms with E-state index < -0.39 is 0 Å². The molecule has 0 saturated heterocycles. The van der Waals surface area contributed by atoms with E-state index in [0.717, 1.165) is 13.1 Å². The molecule has 0 bridgehead atoms. The SMILES string of the molecule is Cc1cccc(CNC(C)CNC(C)C)c1C. The highest BCUT2D eigenvalue weighted by Crippen LogP contribution is 2.12. The van der Waals surface area contributed by atoms with Crippen molar-refractivity contribution in [2.75, 3.05) is 6.54 Å². The molecule has 96 valence electrons. The zero-order chi connectivity index (χ0) is 12.8. The standard InChI is InChI=1S/C15H26N2/c1-11(2)16-9-13(4)17-10-15-8-6-7-12(3)14(15)5/h6-8,11,13,16-17H,9-10H2,1-5H3. The third-order valence-corrected chi connectivity index (χ3v) is 3.19. The lowest BCUT2D eigenvalue weighted by atomic mass is 10.0. The van der Waals surface area contributed by atoms with Crippen molar-refractivity contribution in [1.82, 2.24) is 10.6 Å². The van der Waals surface area contributed by atoms with Gasteiger partial charge in [-0.05, 0) is 37.5 Å². The number of nitrogens with one attached hydrogen (secondary N) is 2. The molecule has 0 radical (unpaired) electrons. The first-order valence-corrected chi connectivity index (χ1v) is 6.52. The minimum absolute atomic E-state index is 0.498. The van der Waals surface area contributed by atoms with E-state index in [2.05, 4.69) is 63.5 Å². The van der Waals surface area contributed by atoms with Gasteiger partial charge in [0.2, 0.25) is 0 Å². The molecule has 0 saturated carbocycles. The maximum atomic E-state index is 3.56. The molecule has 0 spiro atoms. The van der Waals surface area contributed by atoms with Crippen LogP contribution < -0.4 is 10.6 Å². The summed E-state index contributed by atoms with van der Waals surface area (Å²) in [6, 6.07) is 7.56. The molecule has 1 unspecified atom stereocenters. The van der Waals surface area contributed by atoms with Gasteiger partial charge in [-0.25, -0.2) is 0 Å². The van der Waals surface area contributed by atoms with Crippen LogP contribution in [0.5, 0.6) is 0 Å². The van der Waals surface area contributed by atoms with Crippen LogP contribution in [0.1, 0.15) is 37.5 Å². The lowest BCUT2D eigenvalue weighted by molar-refractivity contribution is 0.473. The first-order chi connectivity index (χ1) is 8.00. The molecule has 2 nitrogen and oxygen atoms in total. The predicted octanol–water partition coefficient (Wildman–Crippen LogP) is 2.78. The van der Waals surface area contributed by atoms with Crippen molar-refractivity contribution in [2.45, 2.75) is 53.2 Å². The average molecular weight is 234 g/mol. The van der Waals surface area contributed by atoms with Crippen LogP contribution in [0.15, 0.2) is 18.2 Å². The predicted molar refractivity (Wildman–Crippen MR) is 75.4 cm³/mol. The van der Waals surface area contributed by atoms with E-state index in [1.165, 1.54) is 16.7 Å². The van der Waals surface area contributed by atoms with E-state index >= 15 is 0 Å². The molecule has 1 aromatic rings. The molecule has 0 heterocycles. The van der Waals surface area contributed by atoms with Gasteiger partial charge in [-0.15, -0.1) is 0 Å². The smallest absolute Gasteiger partial charge is 0.0211 e. The Morgan fingerprint density at radius 1 is 1.06 bits per heavy atom. The lowest BCUT2D eigenvalue weighted by Gasteiger charge is -2.17. The Labute approximate surface area is 106 Å².